The van der Waals surface area contributed by atoms with E-state index in [-0.39, 0.29) is 12.5 Å². The van der Waals surface area contributed by atoms with Gasteiger partial charge in [-0.25, -0.2) is 4.79 Å². The standard InChI is InChI=1S/C23H22N2O2S/c24-14-23(11-15-9-10-16(12-23)28-15)25-22(26)27-13-21-19-7-3-1-5-17(19)18-6-2-4-8-20(18)21/h1-8,15-16,21H,9-13H2,(H,25,26). The van der Waals surface area contributed by atoms with Gasteiger partial charge < -0.3 is 10.1 Å². The van der Waals surface area contributed by atoms with Crippen LogP contribution in [0.5, 0.6) is 0 Å². The summed E-state index contributed by atoms with van der Waals surface area (Å²) in [6.45, 7) is 0.281. The van der Waals surface area contributed by atoms with Crippen LogP contribution in [0.25, 0.3) is 11.1 Å². The lowest BCUT2D eigenvalue weighted by Gasteiger charge is -2.35. The number of amides is 1. The highest BCUT2D eigenvalue weighted by molar-refractivity contribution is 8.00. The average Bonchev–Trinajstić information content (AvgIpc) is 3.23. The second-order valence-corrected chi connectivity index (χ2v) is 9.62. The second-order valence-electron chi connectivity index (χ2n) is 8.01. The van der Waals surface area contributed by atoms with Crippen molar-refractivity contribution in [2.45, 2.75) is 47.6 Å². The van der Waals surface area contributed by atoms with E-state index in [0.717, 1.165) is 25.7 Å². The number of ether oxygens (including phenoxy) is 1. The number of hydrogen-bond acceptors (Lipinski definition) is 4. The van der Waals surface area contributed by atoms with Gasteiger partial charge in [0.25, 0.3) is 0 Å². The number of thioether (sulfide) groups is 1. The first-order valence-electron chi connectivity index (χ1n) is 9.87. The molecule has 5 heteroatoms. The van der Waals surface area contributed by atoms with E-state index < -0.39 is 11.6 Å². The van der Waals surface area contributed by atoms with E-state index in [1.165, 1.54) is 22.3 Å². The molecule has 1 aliphatic carbocycles. The van der Waals surface area contributed by atoms with Crippen molar-refractivity contribution in [3.63, 3.8) is 0 Å². The largest absolute Gasteiger partial charge is 0.449 e. The third kappa shape index (κ3) is 2.97. The molecule has 1 amide bonds. The number of benzene rings is 2. The highest BCUT2D eigenvalue weighted by atomic mass is 32.2. The van der Waals surface area contributed by atoms with Gasteiger partial charge in [-0.15, -0.1) is 0 Å². The summed E-state index contributed by atoms with van der Waals surface area (Å²) >= 11 is 1.97. The summed E-state index contributed by atoms with van der Waals surface area (Å²) < 4.78 is 5.65. The number of carbonyl (C=O) groups excluding carboxylic acids is 1. The van der Waals surface area contributed by atoms with E-state index >= 15 is 0 Å². The van der Waals surface area contributed by atoms with Crippen LogP contribution in [0.1, 0.15) is 42.7 Å². The number of alkyl carbamates (subject to hydrolysis) is 1. The molecule has 2 aromatic rings. The van der Waals surface area contributed by atoms with Gasteiger partial charge in [-0.2, -0.15) is 17.0 Å². The van der Waals surface area contributed by atoms with Crippen LogP contribution < -0.4 is 5.32 Å². The Hall–Kier alpha value is -2.45. The Morgan fingerprint density at radius 1 is 1.07 bits per heavy atom. The summed E-state index contributed by atoms with van der Waals surface area (Å²) in [5, 5.41) is 13.6. The maximum absolute atomic E-state index is 12.6. The van der Waals surface area contributed by atoms with Gasteiger partial charge in [-0.1, -0.05) is 48.5 Å². The molecule has 2 fully saturated rings. The Morgan fingerprint density at radius 3 is 2.21 bits per heavy atom. The van der Waals surface area contributed by atoms with Crippen LogP contribution in [0, 0.1) is 11.3 Å². The highest BCUT2D eigenvalue weighted by Gasteiger charge is 2.46. The van der Waals surface area contributed by atoms with Crippen LogP contribution in [0.4, 0.5) is 4.79 Å². The summed E-state index contributed by atoms with van der Waals surface area (Å²) in [7, 11) is 0. The summed E-state index contributed by atoms with van der Waals surface area (Å²) in [5.41, 5.74) is 4.03. The fourth-order valence-electron chi connectivity index (χ4n) is 4.99. The van der Waals surface area contributed by atoms with Crippen LogP contribution in [0.3, 0.4) is 0 Å². The van der Waals surface area contributed by atoms with E-state index in [0.29, 0.717) is 10.5 Å². The maximum atomic E-state index is 12.6. The summed E-state index contributed by atoms with van der Waals surface area (Å²) in [6, 6.07) is 19.0. The van der Waals surface area contributed by atoms with Gasteiger partial charge in [0, 0.05) is 16.4 Å². The molecule has 1 N–H and O–H groups in total. The van der Waals surface area contributed by atoms with Gasteiger partial charge in [0.15, 0.2) is 0 Å². The fraction of sp³-hybridized carbons (Fsp3) is 0.391. The van der Waals surface area contributed by atoms with Crippen LogP contribution in [-0.4, -0.2) is 28.7 Å². The summed E-state index contributed by atoms with van der Waals surface area (Å²) in [4.78, 5) is 12.6. The number of nitrogens with one attached hydrogen (secondary N) is 1. The van der Waals surface area contributed by atoms with Gasteiger partial charge in [-0.05, 0) is 47.9 Å². The minimum atomic E-state index is -0.778. The quantitative estimate of drug-likeness (QED) is 0.814. The van der Waals surface area contributed by atoms with Crippen molar-refractivity contribution in [3.8, 4) is 17.2 Å². The monoisotopic (exact) mass is 390 g/mol. The Balaban J connectivity index is 1.30. The van der Waals surface area contributed by atoms with E-state index in [4.69, 9.17) is 4.74 Å². The van der Waals surface area contributed by atoms with Crippen molar-refractivity contribution in [2.24, 2.45) is 0 Å². The van der Waals surface area contributed by atoms with Crippen molar-refractivity contribution in [3.05, 3.63) is 59.7 Å². The van der Waals surface area contributed by atoms with E-state index in [9.17, 15) is 10.1 Å². The molecule has 4 nitrogen and oxygen atoms in total. The zero-order chi connectivity index (χ0) is 19.1. The van der Waals surface area contributed by atoms with Gasteiger partial charge in [0.05, 0.1) is 6.07 Å². The molecule has 2 heterocycles. The molecule has 2 aliphatic heterocycles. The first-order chi connectivity index (χ1) is 13.7. The molecule has 2 unspecified atom stereocenters. The molecule has 5 rings (SSSR count). The minimum absolute atomic E-state index is 0.0364. The van der Waals surface area contributed by atoms with Crippen LogP contribution >= 0.6 is 11.8 Å². The van der Waals surface area contributed by atoms with Crippen LogP contribution in [0.2, 0.25) is 0 Å². The lowest BCUT2D eigenvalue weighted by atomic mass is 9.91. The molecule has 2 saturated heterocycles. The topological polar surface area (TPSA) is 62.1 Å². The fourth-order valence-corrected chi connectivity index (χ4v) is 6.84. The van der Waals surface area contributed by atoms with Crippen molar-refractivity contribution in [1.29, 1.82) is 5.26 Å². The van der Waals surface area contributed by atoms with Gasteiger partial charge in [-0.3, -0.25) is 0 Å². The molecule has 0 spiro atoms. The Kier molecular flexibility index (Phi) is 4.32. The molecular weight excluding hydrogens is 368 g/mol. The number of hydrogen-bond donors (Lipinski definition) is 1. The molecule has 0 aromatic heterocycles. The van der Waals surface area contributed by atoms with Crippen molar-refractivity contribution >= 4 is 17.9 Å². The predicted molar refractivity (Wildman–Crippen MR) is 110 cm³/mol. The third-order valence-electron chi connectivity index (χ3n) is 6.25. The van der Waals surface area contributed by atoms with Crippen molar-refractivity contribution in [1.82, 2.24) is 5.32 Å². The lowest BCUT2D eigenvalue weighted by Crippen LogP contribution is -2.51. The van der Waals surface area contributed by atoms with Gasteiger partial charge in [0.1, 0.15) is 12.1 Å². The highest BCUT2D eigenvalue weighted by Crippen LogP contribution is 2.47. The number of fused-ring (bicyclic) bond motifs is 5. The van der Waals surface area contributed by atoms with Crippen LogP contribution in [-0.2, 0) is 4.74 Å². The van der Waals surface area contributed by atoms with Crippen molar-refractivity contribution < 1.29 is 9.53 Å². The lowest BCUT2D eigenvalue weighted by molar-refractivity contribution is 0.132. The zero-order valence-electron chi connectivity index (χ0n) is 15.6. The molecular formula is C23H22N2O2S. The second kappa shape index (κ2) is 6.86. The molecule has 142 valence electrons. The van der Waals surface area contributed by atoms with Crippen molar-refractivity contribution in [2.75, 3.05) is 6.61 Å². The molecule has 3 aliphatic rings. The minimum Gasteiger partial charge on any atom is -0.449 e. The number of rotatable bonds is 3. The molecule has 2 atom stereocenters. The number of nitrogens with zero attached hydrogens (tertiary/aromatic N) is 1. The number of nitriles is 1. The average molecular weight is 391 g/mol. The molecule has 0 saturated carbocycles. The normalized spacial score (nSPS) is 27.5. The smallest absolute Gasteiger partial charge is 0.408 e. The van der Waals surface area contributed by atoms with E-state index in [1.54, 1.807) is 0 Å². The molecule has 28 heavy (non-hydrogen) atoms. The van der Waals surface area contributed by atoms with Gasteiger partial charge in [0.2, 0.25) is 0 Å². The molecule has 2 bridgehead atoms. The van der Waals surface area contributed by atoms with E-state index in [2.05, 4.69) is 35.7 Å². The third-order valence-corrected chi connectivity index (χ3v) is 7.82. The van der Waals surface area contributed by atoms with Crippen LogP contribution in [0.15, 0.2) is 48.5 Å². The molecule has 0 radical (unpaired) electrons. The zero-order valence-corrected chi connectivity index (χ0v) is 16.4. The SMILES string of the molecule is N#CC1(NC(=O)OCC2c3ccccc3-c3ccccc32)CC2CCC(C1)S2. The summed E-state index contributed by atoms with van der Waals surface area (Å²) in [6.07, 6.45) is 3.25. The maximum Gasteiger partial charge on any atom is 0.408 e. The van der Waals surface area contributed by atoms with E-state index in [1.807, 2.05) is 36.0 Å². The Bertz CT molecular complexity index is 910. The summed E-state index contributed by atoms with van der Waals surface area (Å²) in [5.74, 6) is 0.0364. The Morgan fingerprint density at radius 2 is 1.64 bits per heavy atom. The molecule has 2 aromatic carbocycles. The first kappa shape index (κ1) is 17.6. The first-order valence-corrected chi connectivity index (χ1v) is 10.8. The predicted octanol–water partition coefficient (Wildman–Crippen LogP) is 4.85. The number of carbonyl (C=O) groups is 1. The van der Waals surface area contributed by atoms with Gasteiger partial charge >= 0.3 is 6.09 Å². The Labute approximate surface area is 169 Å².